The van der Waals surface area contributed by atoms with Crippen molar-refractivity contribution in [1.29, 1.82) is 0 Å². The Morgan fingerprint density at radius 1 is 1.59 bits per heavy atom. The summed E-state index contributed by atoms with van der Waals surface area (Å²) in [6.45, 7) is 4.07. The zero-order valence-electron chi connectivity index (χ0n) is 9.86. The lowest BCUT2D eigenvalue weighted by Crippen LogP contribution is -2.39. The number of sulfonamides is 1. The number of nitrogens with one attached hydrogen (secondary N) is 1. The molecule has 0 saturated carbocycles. The Balaban J connectivity index is 2.88. The minimum Gasteiger partial charge on any atom is -0.329 e. The van der Waals surface area contributed by atoms with E-state index >= 15 is 0 Å². The van der Waals surface area contributed by atoms with Gasteiger partial charge in [-0.2, -0.15) is 0 Å². The van der Waals surface area contributed by atoms with E-state index in [0.29, 0.717) is 10.9 Å². The summed E-state index contributed by atoms with van der Waals surface area (Å²) in [5, 5.41) is 0. The molecule has 0 amide bonds. The van der Waals surface area contributed by atoms with E-state index in [1.807, 2.05) is 6.92 Å². The van der Waals surface area contributed by atoms with Crippen LogP contribution in [0.5, 0.6) is 0 Å². The Labute approximate surface area is 111 Å². The van der Waals surface area contributed by atoms with Crippen LogP contribution < -0.4 is 10.5 Å². The van der Waals surface area contributed by atoms with Gasteiger partial charge in [0.25, 0.3) is 0 Å². The minimum atomic E-state index is -3.49. The first-order valence-electron chi connectivity index (χ1n) is 5.39. The van der Waals surface area contributed by atoms with Gasteiger partial charge in [0.15, 0.2) is 0 Å². The normalized spacial score (nSPS) is 13.9. The van der Waals surface area contributed by atoms with Gasteiger partial charge in [-0.25, -0.2) is 13.1 Å². The Hall–Kier alpha value is -0.140. The maximum atomic E-state index is 12.0. The van der Waals surface area contributed by atoms with Gasteiger partial charge < -0.3 is 5.73 Å². The predicted octanol–water partition coefficient (Wildman–Crippen LogP) is 2.12. The molecule has 0 radical (unpaired) electrons. The molecule has 1 atom stereocenters. The van der Waals surface area contributed by atoms with E-state index in [0.717, 1.165) is 29.7 Å². The molecule has 0 saturated heterocycles. The summed E-state index contributed by atoms with van der Waals surface area (Å²) in [5.74, 6) is 0. The van der Waals surface area contributed by atoms with Gasteiger partial charge >= 0.3 is 0 Å². The van der Waals surface area contributed by atoms with Crippen molar-refractivity contribution in [1.82, 2.24) is 4.72 Å². The molecule has 98 valence electrons. The van der Waals surface area contributed by atoms with Crippen LogP contribution in [0.3, 0.4) is 0 Å². The third-order valence-corrected chi connectivity index (χ3v) is 5.89. The van der Waals surface area contributed by atoms with Crippen molar-refractivity contribution in [2.75, 3.05) is 6.54 Å². The molecule has 0 aliphatic rings. The second-order valence-electron chi connectivity index (χ2n) is 3.86. The number of aryl methyl sites for hydroxylation is 1. The first-order valence-corrected chi connectivity index (χ1v) is 8.06. The highest BCUT2D eigenvalue weighted by Gasteiger charge is 2.21. The van der Waals surface area contributed by atoms with E-state index in [1.165, 1.54) is 0 Å². The molecule has 0 aromatic carbocycles. The summed E-state index contributed by atoms with van der Waals surface area (Å²) in [6.07, 6.45) is 1.61. The monoisotopic (exact) mass is 296 g/mol. The van der Waals surface area contributed by atoms with Gasteiger partial charge in [-0.05, 0) is 25.0 Å². The van der Waals surface area contributed by atoms with Crippen LogP contribution in [0.1, 0.15) is 25.3 Å². The Morgan fingerprint density at radius 3 is 2.65 bits per heavy atom. The SMILES string of the molecule is CCCC(CN)NS(=O)(=O)c1cc(C)c(Cl)s1. The van der Waals surface area contributed by atoms with E-state index in [4.69, 9.17) is 17.3 Å². The molecule has 1 aromatic heterocycles. The molecule has 3 N–H and O–H groups in total. The summed E-state index contributed by atoms with van der Waals surface area (Å²) >= 11 is 6.93. The van der Waals surface area contributed by atoms with Crippen LogP contribution in [0.15, 0.2) is 10.3 Å². The predicted molar refractivity (Wildman–Crippen MR) is 72.1 cm³/mol. The van der Waals surface area contributed by atoms with E-state index in [-0.39, 0.29) is 10.3 Å². The fraction of sp³-hybridized carbons (Fsp3) is 0.600. The maximum absolute atomic E-state index is 12.0. The molecule has 0 aliphatic carbocycles. The molecular weight excluding hydrogens is 280 g/mol. The van der Waals surface area contributed by atoms with Crippen molar-refractivity contribution >= 4 is 33.0 Å². The zero-order valence-corrected chi connectivity index (χ0v) is 12.3. The fourth-order valence-corrected chi connectivity index (χ4v) is 4.42. The van der Waals surface area contributed by atoms with Crippen molar-refractivity contribution in [2.24, 2.45) is 5.73 Å². The van der Waals surface area contributed by atoms with Crippen LogP contribution in [0.4, 0.5) is 0 Å². The third-order valence-electron chi connectivity index (χ3n) is 2.34. The van der Waals surface area contributed by atoms with Gasteiger partial charge in [-0.3, -0.25) is 0 Å². The lowest BCUT2D eigenvalue weighted by Gasteiger charge is -2.14. The highest BCUT2D eigenvalue weighted by molar-refractivity contribution is 7.91. The standard InChI is InChI=1S/C10H17ClN2O2S2/c1-3-4-8(6-12)13-17(14,15)9-5-7(2)10(11)16-9/h5,8,13H,3-4,6,12H2,1-2H3. The van der Waals surface area contributed by atoms with Gasteiger partial charge in [0.2, 0.25) is 10.0 Å². The molecule has 17 heavy (non-hydrogen) atoms. The number of rotatable bonds is 6. The van der Waals surface area contributed by atoms with E-state index in [9.17, 15) is 8.42 Å². The van der Waals surface area contributed by atoms with Gasteiger partial charge in [0, 0.05) is 12.6 Å². The average Bonchev–Trinajstić information content (AvgIpc) is 2.59. The highest BCUT2D eigenvalue weighted by atomic mass is 35.5. The van der Waals surface area contributed by atoms with Crippen LogP contribution in [-0.4, -0.2) is 21.0 Å². The number of hydrogen-bond donors (Lipinski definition) is 2. The van der Waals surface area contributed by atoms with Gasteiger partial charge in [0.1, 0.15) is 4.21 Å². The molecular formula is C10H17ClN2O2S2. The summed E-state index contributed by atoms with van der Waals surface area (Å²) in [5.41, 5.74) is 6.30. The molecule has 0 bridgehead atoms. The highest BCUT2D eigenvalue weighted by Crippen LogP contribution is 2.30. The van der Waals surface area contributed by atoms with E-state index < -0.39 is 10.0 Å². The smallest absolute Gasteiger partial charge is 0.250 e. The van der Waals surface area contributed by atoms with E-state index in [1.54, 1.807) is 13.0 Å². The van der Waals surface area contributed by atoms with Crippen LogP contribution in [0.25, 0.3) is 0 Å². The minimum absolute atomic E-state index is 0.216. The Bertz CT molecular complexity index is 451. The van der Waals surface area contributed by atoms with Gasteiger partial charge in [-0.1, -0.05) is 24.9 Å². The van der Waals surface area contributed by atoms with Crippen LogP contribution in [0.2, 0.25) is 4.34 Å². The molecule has 0 aliphatic heterocycles. The van der Waals surface area contributed by atoms with Crippen molar-refractivity contribution in [2.45, 2.75) is 36.9 Å². The largest absolute Gasteiger partial charge is 0.329 e. The third kappa shape index (κ3) is 3.93. The van der Waals surface area contributed by atoms with Gasteiger partial charge in [0.05, 0.1) is 4.34 Å². The van der Waals surface area contributed by atoms with Gasteiger partial charge in [-0.15, -0.1) is 11.3 Å². The average molecular weight is 297 g/mol. The molecule has 0 spiro atoms. The Morgan fingerprint density at radius 2 is 2.24 bits per heavy atom. The molecule has 1 heterocycles. The van der Waals surface area contributed by atoms with Crippen molar-refractivity contribution in [3.05, 3.63) is 16.0 Å². The molecule has 1 rings (SSSR count). The lowest BCUT2D eigenvalue weighted by molar-refractivity contribution is 0.528. The lowest BCUT2D eigenvalue weighted by atomic mass is 10.2. The second-order valence-corrected chi connectivity index (χ2v) is 7.46. The summed E-state index contributed by atoms with van der Waals surface area (Å²) in [7, 11) is -3.49. The van der Waals surface area contributed by atoms with Crippen LogP contribution in [-0.2, 0) is 10.0 Å². The molecule has 4 nitrogen and oxygen atoms in total. The van der Waals surface area contributed by atoms with Crippen LogP contribution in [0, 0.1) is 6.92 Å². The summed E-state index contributed by atoms with van der Waals surface area (Å²) in [4.78, 5) is 0. The van der Waals surface area contributed by atoms with Crippen molar-refractivity contribution in [3.8, 4) is 0 Å². The number of hydrogen-bond acceptors (Lipinski definition) is 4. The quantitative estimate of drug-likeness (QED) is 0.844. The first-order chi connectivity index (χ1) is 7.90. The number of thiophene rings is 1. The summed E-state index contributed by atoms with van der Waals surface area (Å²) in [6, 6.07) is 1.36. The summed E-state index contributed by atoms with van der Waals surface area (Å²) < 4.78 is 27.4. The molecule has 7 heteroatoms. The topological polar surface area (TPSA) is 72.2 Å². The zero-order chi connectivity index (χ0) is 13.1. The van der Waals surface area contributed by atoms with Crippen molar-refractivity contribution in [3.63, 3.8) is 0 Å². The van der Waals surface area contributed by atoms with Crippen molar-refractivity contribution < 1.29 is 8.42 Å². The maximum Gasteiger partial charge on any atom is 0.250 e. The Kier molecular flexibility index (Phi) is 5.40. The fourth-order valence-electron chi connectivity index (χ4n) is 1.42. The molecule has 1 unspecified atom stereocenters. The number of halogens is 1. The van der Waals surface area contributed by atoms with E-state index in [2.05, 4.69) is 4.72 Å². The second kappa shape index (κ2) is 6.15. The van der Waals surface area contributed by atoms with Crippen LogP contribution >= 0.6 is 22.9 Å². The molecule has 1 aromatic rings. The molecule has 0 fully saturated rings. The first kappa shape index (κ1) is 14.9. The number of nitrogens with two attached hydrogens (primary N) is 1.